The summed E-state index contributed by atoms with van der Waals surface area (Å²) in [5, 5.41) is 12.3. The van der Waals surface area contributed by atoms with E-state index in [1.165, 1.54) is 19.3 Å². The van der Waals surface area contributed by atoms with Gasteiger partial charge in [0.2, 0.25) is 0 Å². The minimum absolute atomic E-state index is 0.314. The van der Waals surface area contributed by atoms with Gasteiger partial charge in [0.25, 0.3) is 0 Å². The quantitative estimate of drug-likeness (QED) is 0.667. The number of carboxylic acid groups (broad SMARTS) is 1. The lowest BCUT2D eigenvalue weighted by Crippen LogP contribution is -2.07. The molecule has 0 radical (unpaired) electrons. The summed E-state index contributed by atoms with van der Waals surface area (Å²) >= 11 is 0. The fourth-order valence-electron chi connectivity index (χ4n) is 1.95. The Morgan fingerprint density at radius 1 is 1.21 bits per heavy atom. The molecule has 0 aliphatic heterocycles. The lowest BCUT2D eigenvalue weighted by molar-refractivity contribution is 0.0696. The van der Waals surface area contributed by atoms with Gasteiger partial charge < -0.3 is 10.4 Å². The summed E-state index contributed by atoms with van der Waals surface area (Å²) in [6, 6.07) is 3.27. The lowest BCUT2D eigenvalue weighted by atomic mass is 10.1. The third kappa shape index (κ3) is 5.73. The number of hydrogen-bond acceptors (Lipinski definition) is 3. The number of nitrogens with zero attached hydrogens (tertiary/aromatic N) is 1. The molecule has 1 aromatic rings. The fourth-order valence-corrected chi connectivity index (χ4v) is 1.95. The Labute approximate surface area is 115 Å². The highest BCUT2D eigenvalue weighted by molar-refractivity contribution is 5.88. The fraction of sp³-hybridized carbons (Fsp3) is 0.600. The van der Waals surface area contributed by atoms with Crippen molar-refractivity contribution >= 4 is 11.8 Å². The number of nitrogens with one attached hydrogen (secondary N) is 1. The lowest BCUT2D eigenvalue weighted by Gasteiger charge is -2.09. The monoisotopic (exact) mass is 264 g/mol. The SMILES string of the molecule is CCCCCCNc1cc(C(=O)O)cc(CCC)n1. The van der Waals surface area contributed by atoms with E-state index < -0.39 is 5.97 Å². The first-order valence-corrected chi connectivity index (χ1v) is 7.15. The molecular formula is C15H24N2O2. The number of carbonyl (C=O) groups is 1. The van der Waals surface area contributed by atoms with Crippen molar-refractivity contribution in [2.75, 3.05) is 11.9 Å². The molecule has 106 valence electrons. The van der Waals surface area contributed by atoms with Crippen molar-refractivity contribution in [1.29, 1.82) is 0 Å². The van der Waals surface area contributed by atoms with Crippen LogP contribution in [0, 0.1) is 0 Å². The number of anilines is 1. The zero-order chi connectivity index (χ0) is 14.1. The van der Waals surface area contributed by atoms with Crippen LogP contribution in [-0.2, 0) is 6.42 Å². The maximum absolute atomic E-state index is 11.1. The van der Waals surface area contributed by atoms with Crippen molar-refractivity contribution in [2.45, 2.75) is 52.4 Å². The molecule has 19 heavy (non-hydrogen) atoms. The first-order chi connectivity index (χ1) is 9.17. The average molecular weight is 264 g/mol. The molecule has 0 aliphatic carbocycles. The van der Waals surface area contributed by atoms with Crippen LogP contribution in [0.5, 0.6) is 0 Å². The number of rotatable bonds is 9. The molecule has 0 aromatic carbocycles. The highest BCUT2D eigenvalue weighted by atomic mass is 16.4. The van der Waals surface area contributed by atoms with E-state index in [1.807, 2.05) is 0 Å². The second kappa shape index (κ2) is 8.51. The van der Waals surface area contributed by atoms with Gasteiger partial charge in [0.05, 0.1) is 5.56 Å². The van der Waals surface area contributed by atoms with E-state index >= 15 is 0 Å². The Morgan fingerprint density at radius 2 is 2.00 bits per heavy atom. The van der Waals surface area contributed by atoms with Crippen LogP contribution in [0.1, 0.15) is 62.0 Å². The van der Waals surface area contributed by atoms with Crippen LogP contribution in [0.4, 0.5) is 5.82 Å². The molecule has 0 aliphatic rings. The number of aromatic carboxylic acids is 1. The van der Waals surface area contributed by atoms with Gasteiger partial charge in [-0.25, -0.2) is 9.78 Å². The van der Waals surface area contributed by atoms with Crippen molar-refractivity contribution in [3.05, 3.63) is 23.4 Å². The third-order valence-corrected chi connectivity index (χ3v) is 2.97. The summed E-state index contributed by atoms with van der Waals surface area (Å²) in [5.74, 6) is -0.214. The molecule has 0 amide bonds. The molecule has 0 saturated carbocycles. The zero-order valence-corrected chi connectivity index (χ0v) is 11.9. The van der Waals surface area contributed by atoms with Crippen molar-refractivity contribution in [3.8, 4) is 0 Å². The summed E-state index contributed by atoms with van der Waals surface area (Å²) < 4.78 is 0. The molecule has 1 rings (SSSR count). The van der Waals surface area contributed by atoms with Crippen molar-refractivity contribution < 1.29 is 9.90 Å². The standard InChI is InChI=1S/C15H24N2O2/c1-3-5-6-7-9-16-14-11-12(15(18)19)10-13(17-14)8-4-2/h10-11H,3-9H2,1-2H3,(H,16,17)(H,18,19). The molecule has 4 heteroatoms. The van der Waals surface area contributed by atoms with Gasteiger partial charge in [0.1, 0.15) is 5.82 Å². The molecule has 0 unspecified atom stereocenters. The largest absolute Gasteiger partial charge is 0.478 e. The van der Waals surface area contributed by atoms with Gasteiger partial charge in [0, 0.05) is 12.2 Å². The Kier molecular flexibility index (Phi) is 6.93. The van der Waals surface area contributed by atoms with E-state index in [9.17, 15) is 4.79 Å². The second-order valence-electron chi connectivity index (χ2n) is 4.77. The summed E-state index contributed by atoms with van der Waals surface area (Å²) in [4.78, 5) is 15.5. The van der Waals surface area contributed by atoms with Crippen molar-refractivity contribution in [2.24, 2.45) is 0 Å². The third-order valence-electron chi connectivity index (χ3n) is 2.97. The summed E-state index contributed by atoms with van der Waals surface area (Å²) in [6.45, 7) is 5.09. The predicted octanol–water partition coefficient (Wildman–Crippen LogP) is 3.72. The smallest absolute Gasteiger partial charge is 0.335 e. The van der Waals surface area contributed by atoms with Crippen molar-refractivity contribution in [1.82, 2.24) is 4.98 Å². The van der Waals surface area contributed by atoms with E-state index in [2.05, 4.69) is 24.1 Å². The molecule has 0 fully saturated rings. The Bertz CT molecular complexity index is 405. The maximum atomic E-state index is 11.1. The highest BCUT2D eigenvalue weighted by Gasteiger charge is 2.07. The van der Waals surface area contributed by atoms with Gasteiger partial charge in [0.15, 0.2) is 0 Å². The van der Waals surface area contributed by atoms with E-state index in [-0.39, 0.29) is 0 Å². The van der Waals surface area contributed by atoms with Gasteiger partial charge in [-0.05, 0) is 25.0 Å². The number of hydrogen-bond donors (Lipinski definition) is 2. The molecule has 0 bridgehead atoms. The van der Waals surface area contributed by atoms with E-state index in [1.54, 1.807) is 12.1 Å². The number of carboxylic acids is 1. The van der Waals surface area contributed by atoms with Crippen LogP contribution in [0.15, 0.2) is 12.1 Å². The first-order valence-electron chi connectivity index (χ1n) is 7.15. The number of aryl methyl sites for hydroxylation is 1. The van der Waals surface area contributed by atoms with Crippen molar-refractivity contribution in [3.63, 3.8) is 0 Å². The molecule has 2 N–H and O–H groups in total. The minimum Gasteiger partial charge on any atom is -0.478 e. The van der Waals surface area contributed by atoms with Crippen LogP contribution in [0.25, 0.3) is 0 Å². The molecule has 0 saturated heterocycles. The van der Waals surface area contributed by atoms with E-state index in [4.69, 9.17) is 5.11 Å². The van der Waals surface area contributed by atoms with Gasteiger partial charge in [-0.3, -0.25) is 0 Å². The van der Waals surface area contributed by atoms with Gasteiger partial charge in [-0.1, -0.05) is 39.5 Å². The molecule has 0 atom stereocenters. The summed E-state index contributed by atoms with van der Waals surface area (Å²) in [5.41, 5.74) is 1.16. The van der Waals surface area contributed by atoms with Crippen LogP contribution >= 0.6 is 0 Å². The van der Waals surface area contributed by atoms with Gasteiger partial charge in [-0.2, -0.15) is 0 Å². The van der Waals surface area contributed by atoms with Crippen LogP contribution in [0.3, 0.4) is 0 Å². The number of unbranched alkanes of at least 4 members (excludes halogenated alkanes) is 3. The zero-order valence-electron chi connectivity index (χ0n) is 11.9. The summed E-state index contributed by atoms with van der Waals surface area (Å²) in [7, 11) is 0. The van der Waals surface area contributed by atoms with Crippen LogP contribution in [-0.4, -0.2) is 22.6 Å². The summed E-state index contributed by atoms with van der Waals surface area (Å²) in [6.07, 6.45) is 6.52. The number of pyridine rings is 1. The Hall–Kier alpha value is -1.58. The Morgan fingerprint density at radius 3 is 2.63 bits per heavy atom. The van der Waals surface area contributed by atoms with Gasteiger partial charge >= 0.3 is 5.97 Å². The molecule has 1 heterocycles. The normalized spacial score (nSPS) is 10.4. The maximum Gasteiger partial charge on any atom is 0.335 e. The van der Waals surface area contributed by atoms with Crippen LogP contribution in [0.2, 0.25) is 0 Å². The molecule has 1 aromatic heterocycles. The Balaban J connectivity index is 2.62. The molecule has 4 nitrogen and oxygen atoms in total. The van der Waals surface area contributed by atoms with E-state index in [0.29, 0.717) is 11.4 Å². The molecular weight excluding hydrogens is 240 g/mol. The minimum atomic E-state index is -0.895. The van der Waals surface area contributed by atoms with Gasteiger partial charge in [-0.15, -0.1) is 0 Å². The second-order valence-corrected chi connectivity index (χ2v) is 4.77. The predicted molar refractivity (Wildman–Crippen MR) is 77.8 cm³/mol. The number of aromatic nitrogens is 1. The highest BCUT2D eigenvalue weighted by Crippen LogP contribution is 2.13. The van der Waals surface area contributed by atoms with Crippen LogP contribution < -0.4 is 5.32 Å². The average Bonchev–Trinajstić information content (AvgIpc) is 2.38. The topological polar surface area (TPSA) is 62.2 Å². The first kappa shape index (κ1) is 15.5. The molecule has 0 spiro atoms. The van der Waals surface area contributed by atoms with E-state index in [0.717, 1.165) is 31.5 Å².